The first-order valence-electron chi connectivity index (χ1n) is 3.86. The zero-order valence-electron chi connectivity index (χ0n) is 7.08. The molecular formula is C9H8ClN3. The molecule has 0 fully saturated rings. The molecule has 0 aliphatic rings. The van der Waals surface area contributed by atoms with E-state index in [0.717, 1.165) is 16.6 Å². The molecule has 0 bridgehead atoms. The van der Waals surface area contributed by atoms with E-state index in [4.69, 9.17) is 17.3 Å². The van der Waals surface area contributed by atoms with Crippen LogP contribution in [0, 0.1) is 6.92 Å². The maximum atomic E-state index is 5.84. The van der Waals surface area contributed by atoms with Crippen LogP contribution in [0.3, 0.4) is 0 Å². The van der Waals surface area contributed by atoms with Gasteiger partial charge in [-0.3, -0.25) is 0 Å². The van der Waals surface area contributed by atoms with Crippen LogP contribution in [0.5, 0.6) is 0 Å². The Morgan fingerprint density at radius 1 is 1.31 bits per heavy atom. The number of nitrogen functional groups attached to an aromatic ring is 1. The van der Waals surface area contributed by atoms with Crippen molar-refractivity contribution in [2.45, 2.75) is 6.92 Å². The summed E-state index contributed by atoms with van der Waals surface area (Å²) in [6, 6.07) is 5.46. The average molecular weight is 194 g/mol. The second-order valence-electron chi connectivity index (χ2n) is 2.83. The first-order chi connectivity index (χ1) is 6.16. The Labute approximate surface area is 80.6 Å². The smallest absolute Gasteiger partial charge is 0.220 e. The van der Waals surface area contributed by atoms with Crippen molar-refractivity contribution < 1.29 is 0 Å². The van der Waals surface area contributed by atoms with Crippen LogP contribution in [-0.4, -0.2) is 9.97 Å². The number of halogens is 1. The molecule has 0 saturated carbocycles. The fourth-order valence-electron chi connectivity index (χ4n) is 1.28. The molecule has 66 valence electrons. The molecule has 1 heterocycles. The number of hydrogen-bond donors (Lipinski definition) is 1. The van der Waals surface area contributed by atoms with Crippen LogP contribution in [0.1, 0.15) is 5.69 Å². The monoisotopic (exact) mass is 193 g/mol. The molecule has 4 heteroatoms. The van der Waals surface area contributed by atoms with Crippen molar-refractivity contribution in [3.8, 4) is 0 Å². The van der Waals surface area contributed by atoms with Crippen LogP contribution in [0.25, 0.3) is 10.9 Å². The SMILES string of the molecule is Cc1nc(N)nc2ccc(Cl)cc12. The number of aromatic nitrogens is 2. The standard InChI is InChI=1S/C9H8ClN3/c1-5-7-4-6(10)2-3-8(7)13-9(11)12-5/h2-4H,1H3,(H2,11,12,13). The number of aryl methyl sites for hydroxylation is 1. The number of nitrogens with zero attached hydrogens (tertiary/aromatic N) is 2. The number of anilines is 1. The summed E-state index contributed by atoms with van der Waals surface area (Å²) in [5.41, 5.74) is 7.19. The average Bonchev–Trinajstić information content (AvgIpc) is 2.06. The first kappa shape index (κ1) is 8.26. The van der Waals surface area contributed by atoms with Gasteiger partial charge in [0, 0.05) is 10.4 Å². The quantitative estimate of drug-likeness (QED) is 0.698. The van der Waals surface area contributed by atoms with Gasteiger partial charge in [0.2, 0.25) is 5.95 Å². The predicted octanol–water partition coefficient (Wildman–Crippen LogP) is 2.17. The topological polar surface area (TPSA) is 51.8 Å². The van der Waals surface area contributed by atoms with Gasteiger partial charge in [-0.2, -0.15) is 0 Å². The number of benzene rings is 1. The summed E-state index contributed by atoms with van der Waals surface area (Å²) in [4.78, 5) is 8.14. The van der Waals surface area contributed by atoms with Crippen molar-refractivity contribution in [3.63, 3.8) is 0 Å². The molecule has 0 radical (unpaired) electrons. The lowest BCUT2D eigenvalue weighted by molar-refractivity contribution is 1.17. The van der Waals surface area contributed by atoms with Crippen LogP contribution in [0.2, 0.25) is 5.02 Å². The van der Waals surface area contributed by atoms with Crippen molar-refractivity contribution >= 4 is 28.5 Å². The molecule has 2 N–H and O–H groups in total. The molecule has 0 aliphatic heterocycles. The third kappa shape index (κ3) is 1.42. The molecule has 1 aromatic carbocycles. The minimum absolute atomic E-state index is 0.298. The third-order valence-electron chi connectivity index (χ3n) is 1.87. The van der Waals surface area contributed by atoms with E-state index in [1.165, 1.54) is 0 Å². The van der Waals surface area contributed by atoms with E-state index in [-0.39, 0.29) is 0 Å². The van der Waals surface area contributed by atoms with Crippen molar-refractivity contribution in [2.24, 2.45) is 0 Å². The highest BCUT2D eigenvalue weighted by molar-refractivity contribution is 6.31. The Balaban J connectivity index is 2.87. The Hall–Kier alpha value is -1.35. The van der Waals surface area contributed by atoms with E-state index >= 15 is 0 Å². The number of fused-ring (bicyclic) bond motifs is 1. The van der Waals surface area contributed by atoms with E-state index in [1.807, 2.05) is 19.1 Å². The Morgan fingerprint density at radius 3 is 2.85 bits per heavy atom. The lowest BCUT2D eigenvalue weighted by Gasteiger charge is -2.01. The molecule has 0 unspecified atom stereocenters. The van der Waals surface area contributed by atoms with Crippen molar-refractivity contribution in [1.29, 1.82) is 0 Å². The Bertz CT molecular complexity index is 468. The van der Waals surface area contributed by atoms with Gasteiger partial charge in [0.05, 0.1) is 11.2 Å². The zero-order valence-corrected chi connectivity index (χ0v) is 7.84. The Morgan fingerprint density at radius 2 is 2.08 bits per heavy atom. The van der Waals surface area contributed by atoms with Crippen LogP contribution >= 0.6 is 11.6 Å². The highest BCUT2D eigenvalue weighted by Crippen LogP contribution is 2.20. The van der Waals surface area contributed by atoms with Crippen LogP contribution < -0.4 is 5.73 Å². The molecule has 0 aliphatic carbocycles. The van der Waals surface area contributed by atoms with Crippen molar-refractivity contribution in [1.82, 2.24) is 9.97 Å². The molecule has 2 aromatic rings. The van der Waals surface area contributed by atoms with Gasteiger partial charge in [0.15, 0.2) is 0 Å². The van der Waals surface area contributed by atoms with E-state index in [1.54, 1.807) is 6.07 Å². The molecular weight excluding hydrogens is 186 g/mol. The zero-order chi connectivity index (χ0) is 9.42. The van der Waals surface area contributed by atoms with Gasteiger partial charge < -0.3 is 5.73 Å². The van der Waals surface area contributed by atoms with Gasteiger partial charge in [-0.1, -0.05) is 11.6 Å². The molecule has 3 nitrogen and oxygen atoms in total. The molecule has 1 aromatic heterocycles. The van der Waals surface area contributed by atoms with Crippen molar-refractivity contribution in [2.75, 3.05) is 5.73 Å². The maximum absolute atomic E-state index is 5.84. The second-order valence-corrected chi connectivity index (χ2v) is 3.27. The molecule has 13 heavy (non-hydrogen) atoms. The van der Waals surface area contributed by atoms with E-state index in [9.17, 15) is 0 Å². The van der Waals surface area contributed by atoms with Crippen LogP contribution in [0.15, 0.2) is 18.2 Å². The fraction of sp³-hybridized carbons (Fsp3) is 0.111. The fourth-order valence-corrected chi connectivity index (χ4v) is 1.45. The normalized spacial score (nSPS) is 10.6. The van der Waals surface area contributed by atoms with Crippen LogP contribution in [-0.2, 0) is 0 Å². The summed E-state index contributed by atoms with van der Waals surface area (Å²) in [7, 11) is 0. The van der Waals surface area contributed by atoms with Gasteiger partial charge in [0.25, 0.3) is 0 Å². The van der Waals surface area contributed by atoms with Gasteiger partial charge >= 0.3 is 0 Å². The number of rotatable bonds is 0. The highest BCUT2D eigenvalue weighted by atomic mass is 35.5. The van der Waals surface area contributed by atoms with E-state index in [0.29, 0.717) is 11.0 Å². The minimum atomic E-state index is 0.298. The lowest BCUT2D eigenvalue weighted by atomic mass is 10.2. The van der Waals surface area contributed by atoms with Gasteiger partial charge in [0.1, 0.15) is 0 Å². The van der Waals surface area contributed by atoms with Gasteiger partial charge in [-0.05, 0) is 25.1 Å². The van der Waals surface area contributed by atoms with Crippen molar-refractivity contribution in [3.05, 3.63) is 28.9 Å². The van der Waals surface area contributed by atoms with E-state index in [2.05, 4.69) is 9.97 Å². The summed E-state index contributed by atoms with van der Waals surface area (Å²) >= 11 is 5.84. The maximum Gasteiger partial charge on any atom is 0.220 e. The minimum Gasteiger partial charge on any atom is -0.368 e. The van der Waals surface area contributed by atoms with Gasteiger partial charge in [-0.25, -0.2) is 9.97 Å². The highest BCUT2D eigenvalue weighted by Gasteiger charge is 2.01. The van der Waals surface area contributed by atoms with Crippen LogP contribution in [0.4, 0.5) is 5.95 Å². The second kappa shape index (κ2) is 2.85. The Kier molecular flexibility index (Phi) is 1.81. The molecule has 0 atom stereocenters. The first-order valence-corrected chi connectivity index (χ1v) is 4.24. The molecule has 0 spiro atoms. The molecule has 2 rings (SSSR count). The predicted molar refractivity (Wildman–Crippen MR) is 53.7 cm³/mol. The summed E-state index contributed by atoms with van der Waals surface area (Å²) in [5.74, 6) is 0.298. The lowest BCUT2D eigenvalue weighted by Crippen LogP contribution is -1.97. The number of nitrogens with two attached hydrogens (primary N) is 1. The summed E-state index contributed by atoms with van der Waals surface area (Å²) in [6.07, 6.45) is 0. The summed E-state index contributed by atoms with van der Waals surface area (Å²) < 4.78 is 0. The largest absolute Gasteiger partial charge is 0.368 e. The van der Waals surface area contributed by atoms with E-state index < -0.39 is 0 Å². The molecule has 0 saturated heterocycles. The number of hydrogen-bond acceptors (Lipinski definition) is 3. The molecule has 0 amide bonds. The van der Waals surface area contributed by atoms with Gasteiger partial charge in [-0.15, -0.1) is 0 Å². The third-order valence-corrected chi connectivity index (χ3v) is 2.10. The summed E-state index contributed by atoms with van der Waals surface area (Å²) in [6.45, 7) is 1.89. The summed E-state index contributed by atoms with van der Waals surface area (Å²) in [5, 5.41) is 1.63.